The summed E-state index contributed by atoms with van der Waals surface area (Å²) >= 11 is 11.2. The molecule has 2 rings (SSSR count). The first kappa shape index (κ1) is 13.4. The third kappa shape index (κ3) is 3.46. The molecular weight excluding hydrogens is 433 g/mol. The molecule has 2 nitrogen and oxygen atoms in total. The number of rotatable bonds is 2. The molecule has 0 spiro atoms. The molecule has 1 aromatic carbocycles. The number of halogens is 2. The highest BCUT2D eigenvalue weighted by Gasteiger charge is 2.10. The Morgan fingerprint density at radius 1 is 1.41 bits per heavy atom. The number of thiol groups is 1. The number of carbonyl (C=O) groups is 1. The maximum atomic E-state index is 11.9. The molecule has 0 bridgehead atoms. The van der Waals surface area contributed by atoms with Gasteiger partial charge in [-0.3, -0.25) is 4.79 Å². The van der Waals surface area contributed by atoms with Crippen LogP contribution in [0.4, 0.5) is 5.69 Å². The second-order valence-corrected chi connectivity index (χ2v) is 6.78. The molecule has 0 radical (unpaired) electrons. The zero-order valence-corrected chi connectivity index (χ0v) is 13.9. The van der Waals surface area contributed by atoms with Crippen LogP contribution in [-0.2, 0) is 0 Å². The van der Waals surface area contributed by atoms with Crippen molar-refractivity contribution in [3.05, 3.63) is 42.6 Å². The number of carbonyl (C=O) groups excluding carboxylic acids is 1. The molecular formula is C11H7BrINOS2. The van der Waals surface area contributed by atoms with Crippen LogP contribution in [-0.4, -0.2) is 5.91 Å². The first-order chi connectivity index (χ1) is 8.06. The van der Waals surface area contributed by atoms with Crippen molar-refractivity contribution in [2.75, 3.05) is 5.32 Å². The van der Waals surface area contributed by atoms with Crippen LogP contribution in [0.25, 0.3) is 0 Å². The number of hydrogen-bond donors (Lipinski definition) is 2. The Morgan fingerprint density at radius 2 is 2.18 bits per heavy atom. The van der Waals surface area contributed by atoms with Crippen molar-refractivity contribution < 1.29 is 4.79 Å². The standard InChI is InChI=1S/C11H7BrINOS2/c12-8-2-1-6(13)3-9(8)14-11(15)10-4-7(16)5-17-10/h1-5,16H,(H,14,15). The van der Waals surface area contributed by atoms with Gasteiger partial charge in [-0.15, -0.1) is 24.0 Å². The second kappa shape index (κ2) is 5.73. The quantitative estimate of drug-likeness (QED) is 0.517. The van der Waals surface area contributed by atoms with E-state index in [1.54, 1.807) is 6.07 Å². The molecule has 0 unspecified atom stereocenters. The molecule has 0 aliphatic carbocycles. The number of amides is 1. The lowest BCUT2D eigenvalue weighted by Crippen LogP contribution is -2.10. The summed E-state index contributed by atoms with van der Waals surface area (Å²) in [6.07, 6.45) is 0. The average molecular weight is 440 g/mol. The SMILES string of the molecule is O=C(Nc1cc(I)ccc1Br)c1cc(S)cs1. The summed E-state index contributed by atoms with van der Waals surface area (Å²) < 4.78 is 1.94. The minimum absolute atomic E-state index is 0.113. The van der Waals surface area contributed by atoms with Crippen molar-refractivity contribution in [3.8, 4) is 0 Å². The molecule has 1 aromatic heterocycles. The highest BCUT2D eigenvalue weighted by atomic mass is 127. The third-order valence-corrected chi connectivity index (χ3v) is 4.71. The first-order valence-corrected chi connectivity index (χ1v) is 7.80. The molecule has 0 fully saturated rings. The molecule has 0 atom stereocenters. The zero-order valence-electron chi connectivity index (χ0n) is 8.41. The monoisotopic (exact) mass is 439 g/mol. The van der Waals surface area contributed by atoms with E-state index in [2.05, 4.69) is 56.5 Å². The number of benzene rings is 1. The summed E-state index contributed by atoms with van der Waals surface area (Å²) in [6, 6.07) is 7.55. The van der Waals surface area contributed by atoms with Gasteiger partial charge in [0.15, 0.2) is 0 Å². The largest absolute Gasteiger partial charge is 0.320 e. The van der Waals surface area contributed by atoms with Crippen LogP contribution in [0.15, 0.2) is 39.0 Å². The maximum absolute atomic E-state index is 11.9. The fraction of sp³-hybridized carbons (Fsp3) is 0. The summed E-state index contributed by atoms with van der Waals surface area (Å²) in [7, 11) is 0. The van der Waals surface area contributed by atoms with Crippen LogP contribution < -0.4 is 5.32 Å². The lowest BCUT2D eigenvalue weighted by atomic mass is 10.3. The molecule has 6 heteroatoms. The summed E-state index contributed by atoms with van der Waals surface area (Å²) in [5.74, 6) is -0.113. The molecule has 0 saturated carbocycles. The molecule has 0 saturated heterocycles. The molecule has 17 heavy (non-hydrogen) atoms. The van der Waals surface area contributed by atoms with Gasteiger partial charge in [0.05, 0.1) is 10.6 Å². The Kier molecular flexibility index (Phi) is 4.51. The van der Waals surface area contributed by atoms with Gasteiger partial charge in [-0.2, -0.15) is 0 Å². The summed E-state index contributed by atoms with van der Waals surface area (Å²) in [5, 5.41) is 4.70. The number of anilines is 1. The Bertz CT molecular complexity index is 570. The highest BCUT2D eigenvalue weighted by Crippen LogP contribution is 2.26. The van der Waals surface area contributed by atoms with E-state index in [1.807, 2.05) is 23.6 Å². The van der Waals surface area contributed by atoms with Gasteiger partial charge >= 0.3 is 0 Å². The summed E-state index contributed by atoms with van der Waals surface area (Å²) in [6.45, 7) is 0. The molecule has 0 aliphatic rings. The molecule has 88 valence electrons. The Hall–Kier alpha value is -0.0500. The van der Waals surface area contributed by atoms with Crippen molar-refractivity contribution >= 4 is 74.1 Å². The van der Waals surface area contributed by atoms with Gasteiger partial charge in [0.2, 0.25) is 0 Å². The first-order valence-electron chi connectivity index (χ1n) is 4.60. The predicted octanol–water partition coefficient (Wildman–Crippen LogP) is 4.66. The minimum Gasteiger partial charge on any atom is -0.320 e. The van der Waals surface area contributed by atoms with Crippen LogP contribution in [0.2, 0.25) is 0 Å². The van der Waals surface area contributed by atoms with Crippen LogP contribution in [0, 0.1) is 3.57 Å². The highest BCUT2D eigenvalue weighted by molar-refractivity contribution is 14.1. The minimum atomic E-state index is -0.113. The van der Waals surface area contributed by atoms with Gasteiger partial charge in [0.1, 0.15) is 0 Å². The van der Waals surface area contributed by atoms with Gasteiger partial charge in [-0.1, -0.05) is 0 Å². The van der Waals surface area contributed by atoms with Crippen molar-refractivity contribution in [1.82, 2.24) is 0 Å². The van der Waals surface area contributed by atoms with E-state index < -0.39 is 0 Å². The third-order valence-electron chi connectivity index (χ3n) is 1.99. The van der Waals surface area contributed by atoms with E-state index in [0.29, 0.717) is 4.88 Å². The van der Waals surface area contributed by atoms with E-state index >= 15 is 0 Å². The molecule has 2 aromatic rings. The zero-order chi connectivity index (χ0) is 12.4. The van der Waals surface area contributed by atoms with Crippen LogP contribution in [0.5, 0.6) is 0 Å². The Morgan fingerprint density at radius 3 is 2.82 bits per heavy atom. The van der Waals surface area contributed by atoms with E-state index in [4.69, 9.17) is 0 Å². The van der Waals surface area contributed by atoms with E-state index in [-0.39, 0.29) is 5.91 Å². The number of thiophene rings is 1. The fourth-order valence-electron chi connectivity index (χ4n) is 1.22. The van der Waals surface area contributed by atoms with E-state index in [1.165, 1.54) is 11.3 Å². The molecule has 1 heterocycles. The Balaban J connectivity index is 2.21. The molecule has 1 N–H and O–H groups in total. The van der Waals surface area contributed by atoms with Gasteiger partial charge < -0.3 is 5.32 Å². The van der Waals surface area contributed by atoms with E-state index in [0.717, 1.165) is 18.6 Å². The van der Waals surface area contributed by atoms with Crippen LogP contribution in [0.3, 0.4) is 0 Å². The van der Waals surface area contributed by atoms with Crippen molar-refractivity contribution in [1.29, 1.82) is 0 Å². The van der Waals surface area contributed by atoms with Crippen molar-refractivity contribution in [2.24, 2.45) is 0 Å². The van der Waals surface area contributed by atoms with Crippen molar-refractivity contribution in [2.45, 2.75) is 4.90 Å². The Labute approximate surface area is 130 Å². The van der Waals surface area contributed by atoms with Gasteiger partial charge in [0.25, 0.3) is 5.91 Å². The summed E-state index contributed by atoms with van der Waals surface area (Å²) in [4.78, 5) is 13.4. The second-order valence-electron chi connectivity index (χ2n) is 3.25. The topological polar surface area (TPSA) is 29.1 Å². The average Bonchev–Trinajstić information content (AvgIpc) is 2.70. The lowest BCUT2D eigenvalue weighted by molar-refractivity contribution is 0.103. The maximum Gasteiger partial charge on any atom is 0.265 e. The summed E-state index contributed by atoms with van der Waals surface area (Å²) in [5.41, 5.74) is 0.774. The predicted molar refractivity (Wildman–Crippen MR) is 86.4 cm³/mol. The smallest absolute Gasteiger partial charge is 0.265 e. The van der Waals surface area contributed by atoms with Crippen LogP contribution >= 0.6 is 62.5 Å². The van der Waals surface area contributed by atoms with E-state index in [9.17, 15) is 4.79 Å². The van der Waals surface area contributed by atoms with Gasteiger partial charge in [-0.25, -0.2) is 0 Å². The van der Waals surface area contributed by atoms with Crippen molar-refractivity contribution in [3.63, 3.8) is 0 Å². The van der Waals surface area contributed by atoms with Gasteiger partial charge in [0, 0.05) is 18.3 Å². The van der Waals surface area contributed by atoms with Gasteiger partial charge in [-0.05, 0) is 62.8 Å². The fourth-order valence-corrected chi connectivity index (χ4v) is 3.10. The normalized spacial score (nSPS) is 10.3. The molecule has 1 amide bonds. The molecule has 0 aliphatic heterocycles. The lowest BCUT2D eigenvalue weighted by Gasteiger charge is -2.06. The number of hydrogen-bond acceptors (Lipinski definition) is 3. The number of nitrogens with one attached hydrogen (secondary N) is 1. The van der Waals surface area contributed by atoms with Crippen LogP contribution in [0.1, 0.15) is 9.67 Å².